The minimum absolute atomic E-state index is 0.209. The Kier molecular flexibility index (Phi) is 9.72. The van der Waals surface area contributed by atoms with E-state index in [2.05, 4.69) is 36.6 Å². The summed E-state index contributed by atoms with van der Waals surface area (Å²) < 4.78 is 14.1. The Morgan fingerprint density at radius 3 is 2.60 bits per heavy atom. The molecule has 1 unspecified atom stereocenters. The number of thioether (sulfide) groups is 1. The van der Waals surface area contributed by atoms with Crippen LogP contribution in [0.4, 0.5) is 11.6 Å². The molecule has 0 saturated heterocycles. The fraction of sp³-hybridized carbons (Fsp3) is 0.324. The van der Waals surface area contributed by atoms with Crippen molar-refractivity contribution in [1.82, 2.24) is 14.8 Å². The number of hydrogen-bond acceptors (Lipinski definition) is 7. The van der Waals surface area contributed by atoms with Crippen LogP contribution in [0.5, 0.6) is 11.5 Å². The third-order valence-corrected chi connectivity index (χ3v) is 8.23. The van der Waals surface area contributed by atoms with Crippen LogP contribution < -0.4 is 20.1 Å². The number of rotatable bonds is 12. The Balaban J connectivity index is 1.52. The van der Waals surface area contributed by atoms with Crippen molar-refractivity contribution in [2.75, 3.05) is 23.0 Å². The van der Waals surface area contributed by atoms with Crippen molar-refractivity contribution in [2.45, 2.75) is 65.3 Å². The molecule has 2 N–H and O–H groups in total. The van der Waals surface area contributed by atoms with Crippen LogP contribution >= 0.6 is 11.8 Å². The van der Waals surface area contributed by atoms with Crippen molar-refractivity contribution in [1.29, 1.82) is 0 Å². The summed E-state index contributed by atoms with van der Waals surface area (Å²) in [6, 6.07) is 21.3. The lowest BCUT2D eigenvalue weighted by molar-refractivity contribution is -0.113. The molecule has 0 aliphatic carbocycles. The normalized spacial score (nSPS) is 14.2. The molecule has 1 aliphatic rings. The van der Waals surface area contributed by atoms with E-state index in [-0.39, 0.29) is 5.91 Å². The predicted molar refractivity (Wildman–Crippen MR) is 173 cm³/mol. The monoisotopic (exact) mass is 597 g/mol. The molecule has 0 spiro atoms. The van der Waals surface area contributed by atoms with Crippen LogP contribution in [0.3, 0.4) is 0 Å². The number of benzene rings is 3. The molecule has 9 heteroatoms. The van der Waals surface area contributed by atoms with E-state index in [1.54, 1.807) is 11.8 Å². The number of carbonyl (C=O) groups is 1. The smallest absolute Gasteiger partial charge is 0.255 e. The molecule has 1 amide bonds. The SMILES string of the molecule is CCCCSc1nc2n(n1)C(c1ccc(OCc3ccccc3C)c(OCC)c1)C(C(=O)Nc1cccc(C)c1)=C(C)N2. The summed E-state index contributed by atoms with van der Waals surface area (Å²) in [5.74, 6) is 2.58. The van der Waals surface area contributed by atoms with Crippen LogP contribution in [0.2, 0.25) is 0 Å². The Bertz CT molecular complexity index is 1630. The number of hydrogen-bond donors (Lipinski definition) is 2. The summed E-state index contributed by atoms with van der Waals surface area (Å²) in [5.41, 5.74) is 6.21. The first-order valence-corrected chi connectivity index (χ1v) is 15.8. The average Bonchev–Trinajstić information content (AvgIpc) is 3.39. The molecule has 1 atom stereocenters. The van der Waals surface area contributed by atoms with Crippen LogP contribution in [0.25, 0.3) is 0 Å². The van der Waals surface area contributed by atoms with E-state index in [4.69, 9.17) is 19.6 Å². The second-order valence-corrected chi connectivity index (χ2v) is 11.7. The van der Waals surface area contributed by atoms with Gasteiger partial charge >= 0.3 is 0 Å². The van der Waals surface area contributed by atoms with E-state index in [1.807, 2.05) is 80.1 Å². The van der Waals surface area contributed by atoms with Crippen LogP contribution in [-0.2, 0) is 11.4 Å². The number of carbonyl (C=O) groups excluding carboxylic acids is 1. The number of nitrogens with one attached hydrogen (secondary N) is 2. The molecule has 224 valence electrons. The standard InChI is InChI=1S/C34H39N5O3S/c1-6-8-18-43-34-37-33-35-24(5)30(32(40)36-27-15-11-12-22(3)19-27)31(39(33)38-34)25-16-17-28(29(20-25)41-7-2)42-21-26-14-10-9-13-23(26)4/h9-17,19-20,31H,6-8,18,21H2,1-5H3,(H,36,40)(H,35,37,38). The number of anilines is 2. The van der Waals surface area contributed by atoms with Gasteiger partial charge in [-0.1, -0.05) is 67.6 Å². The minimum Gasteiger partial charge on any atom is -0.490 e. The largest absolute Gasteiger partial charge is 0.490 e. The van der Waals surface area contributed by atoms with Gasteiger partial charge in [0, 0.05) is 17.1 Å². The van der Waals surface area contributed by atoms with Gasteiger partial charge in [-0.15, -0.1) is 5.10 Å². The first-order chi connectivity index (χ1) is 20.9. The Hall–Kier alpha value is -4.24. The molecule has 0 bridgehead atoms. The molecule has 1 aliphatic heterocycles. The Morgan fingerprint density at radius 2 is 1.84 bits per heavy atom. The van der Waals surface area contributed by atoms with Gasteiger partial charge in [-0.2, -0.15) is 4.98 Å². The number of aryl methyl sites for hydroxylation is 2. The van der Waals surface area contributed by atoms with Crippen molar-refractivity contribution in [3.05, 3.63) is 100 Å². The maximum Gasteiger partial charge on any atom is 0.255 e. The van der Waals surface area contributed by atoms with E-state index in [1.165, 1.54) is 5.56 Å². The quantitative estimate of drug-likeness (QED) is 0.128. The lowest BCUT2D eigenvalue weighted by atomic mass is 9.94. The third kappa shape index (κ3) is 7.05. The van der Waals surface area contributed by atoms with Gasteiger partial charge in [0.25, 0.3) is 5.91 Å². The van der Waals surface area contributed by atoms with E-state index >= 15 is 0 Å². The van der Waals surface area contributed by atoms with Gasteiger partial charge in [-0.25, -0.2) is 4.68 Å². The lowest BCUT2D eigenvalue weighted by Crippen LogP contribution is -2.31. The predicted octanol–water partition coefficient (Wildman–Crippen LogP) is 7.69. The van der Waals surface area contributed by atoms with E-state index < -0.39 is 6.04 Å². The first-order valence-electron chi connectivity index (χ1n) is 14.8. The zero-order valence-electron chi connectivity index (χ0n) is 25.4. The summed E-state index contributed by atoms with van der Waals surface area (Å²) >= 11 is 1.62. The highest BCUT2D eigenvalue weighted by Gasteiger charge is 2.35. The molecule has 2 heterocycles. The molecular formula is C34H39N5O3S. The summed E-state index contributed by atoms with van der Waals surface area (Å²) in [6.07, 6.45) is 2.18. The summed E-state index contributed by atoms with van der Waals surface area (Å²) in [7, 11) is 0. The van der Waals surface area contributed by atoms with Crippen molar-refractivity contribution >= 4 is 29.3 Å². The molecule has 5 rings (SSSR count). The molecule has 8 nitrogen and oxygen atoms in total. The minimum atomic E-state index is -0.529. The summed E-state index contributed by atoms with van der Waals surface area (Å²) in [6.45, 7) is 11.0. The zero-order chi connectivity index (χ0) is 30.3. The van der Waals surface area contributed by atoms with Gasteiger partial charge < -0.3 is 20.1 Å². The van der Waals surface area contributed by atoms with E-state index in [9.17, 15) is 4.79 Å². The van der Waals surface area contributed by atoms with Gasteiger partial charge in [0.05, 0.1) is 12.2 Å². The molecule has 1 aromatic heterocycles. The highest BCUT2D eigenvalue weighted by Crippen LogP contribution is 2.40. The van der Waals surface area contributed by atoms with Crippen LogP contribution in [0, 0.1) is 13.8 Å². The Morgan fingerprint density at radius 1 is 1.00 bits per heavy atom. The van der Waals surface area contributed by atoms with Gasteiger partial charge in [0.2, 0.25) is 11.1 Å². The number of nitrogens with zero attached hydrogens (tertiary/aromatic N) is 3. The second kappa shape index (κ2) is 13.8. The maximum absolute atomic E-state index is 13.9. The molecule has 3 aromatic carbocycles. The number of ether oxygens (including phenoxy) is 2. The number of unbranched alkanes of at least 4 members (excludes halogenated alkanes) is 1. The topological polar surface area (TPSA) is 90.3 Å². The van der Waals surface area contributed by atoms with Crippen LogP contribution in [-0.4, -0.2) is 33.0 Å². The number of fused-ring (bicyclic) bond motifs is 1. The highest BCUT2D eigenvalue weighted by atomic mass is 32.2. The van der Waals surface area contributed by atoms with Gasteiger partial charge in [-0.05, 0) is 80.6 Å². The fourth-order valence-corrected chi connectivity index (χ4v) is 5.95. The van der Waals surface area contributed by atoms with E-state index in [0.29, 0.717) is 41.4 Å². The van der Waals surface area contributed by atoms with Crippen molar-refractivity contribution < 1.29 is 14.3 Å². The number of aromatic nitrogens is 3. The lowest BCUT2D eigenvalue weighted by Gasteiger charge is -2.29. The number of allylic oxidation sites excluding steroid dienone is 1. The number of amides is 1. The summed E-state index contributed by atoms with van der Waals surface area (Å²) in [5, 5.41) is 12.0. The Labute approximate surface area is 257 Å². The average molecular weight is 598 g/mol. The van der Waals surface area contributed by atoms with Crippen LogP contribution in [0.1, 0.15) is 61.9 Å². The molecule has 0 fully saturated rings. The van der Waals surface area contributed by atoms with Crippen molar-refractivity contribution in [3.8, 4) is 11.5 Å². The summed E-state index contributed by atoms with van der Waals surface area (Å²) in [4.78, 5) is 18.7. The highest BCUT2D eigenvalue weighted by molar-refractivity contribution is 7.99. The van der Waals surface area contributed by atoms with Gasteiger partial charge in [-0.3, -0.25) is 4.79 Å². The van der Waals surface area contributed by atoms with E-state index in [0.717, 1.165) is 46.7 Å². The van der Waals surface area contributed by atoms with Gasteiger partial charge in [0.1, 0.15) is 12.6 Å². The first kappa shape index (κ1) is 30.2. The molecule has 0 saturated carbocycles. The fourth-order valence-electron chi connectivity index (χ4n) is 5.03. The molecule has 4 aromatic rings. The molecule has 0 radical (unpaired) electrons. The maximum atomic E-state index is 13.9. The molecule has 43 heavy (non-hydrogen) atoms. The van der Waals surface area contributed by atoms with Crippen LogP contribution in [0.15, 0.2) is 83.2 Å². The van der Waals surface area contributed by atoms with Crippen molar-refractivity contribution in [2.24, 2.45) is 0 Å². The van der Waals surface area contributed by atoms with Gasteiger partial charge in [0.15, 0.2) is 11.5 Å². The van der Waals surface area contributed by atoms with Crippen molar-refractivity contribution in [3.63, 3.8) is 0 Å². The molecular weight excluding hydrogens is 558 g/mol. The second-order valence-electron chi connectivity index (χ2n) is 10.6. The zero-order valence-corrected chi connectivity index (χ0v) is 26.3. The third-order valence-electron chi connectivity index (χ3n) is 7.31.